The van der Waals surface area contributed by atoms with Crippen molar-refractivity contribution in [2.75, 3.05) is 0 Å². The average Bonchev–Trinajstić information content (AvgIpc) is 3.42. The van der Waals surface area contributed by atoms with Crippen molar-refractivity contribution in [1.82, 2.24) is 4.98 Å². The van der Waals surface area contributed by atoms with Crippen molar-refractivity contribution in [3.8, 4) is 0 Å². The van der Waals surface area contributed by atoms with Crippen LogP contribution in [0.1, 0.15) is 51.8 Å². The summed E-state index contributed by atoms with van der Waals surface area (Å²) in [6.45, 7) is 0. The molecule has 0 spiro atoms. The van der Waals surface area contributed by atoms with Gasteiger partial charge in [-0.2, -0.15) is 4.57 Å². The second kappa shape index (κ2) is 4.94. The number of nitrogens with zero attached hydrogens (tertiary/aromatic N) is 2. The maximum atomic E-state index is 15.1. The van der Waals surface area contributed by atoms with E-state index < -0.39 is 12.3 Å². The zero-order valence-electron chi connectivity index (χ0n) is 12.9. The van der Waals surface area contributed by atoms with E-state index in [-0.39, 0.29) is 6.04 Å². The number of alkyl halides is 2. The molecule has 3 aromatic rings. The van der Waals surface area contributed by atoms with E-state index >= 15 is 8.78 Å². The van der Waals surface area contributed by atoms with Crippen LogP contribution in [-0.2, 0) is 6.42 Å². The van der Waals surface area contributed by atoms with Crippen LogP contribution in [0.5, 0.6) is 0 Å². The lowest BCUT2D eigenvalue weighted by Crippen LogP contribution is -2.40. The summed E-state index contributed by atoms with van der Waals surface area (Å²) >= 11 is 0. The van der Waals surface area contributed by atoms with E-state index in [0.717, 1.165) is 28.7 Å². The Kier molecular flexibility index (Phi) is 2.84. The van der Waals surface area contributed by atoms with E-state index in [1.165, 1.54) is 0 Å². The Bertz CT molecular complexity index is 940. The third-order valence-electron chi connectivity index (χ3n) is 5.09. The summed E-state index contributed by atoms with van der Waals surface area (Å²) in [5.74, 6) is 0. The van der Waals surface area contributed by atoms with Crippen LogP contribution in [0.4, 0.5) is 8.78 Å². The van der Waals surface area contributed by atoms with E-state index in [1.54, 1.807) is 24.5 Å². The van der Waals surface area contributed by atoms with Crippen LogP contribution < -0.4 is 4.57 Å². The van der Waals surface area contributed by atoms with Crippen molar-refractivity contribution in [1.29, 1.82) is 0 Å². The second-order valence-corrected chi connectivity index (χ2v) is 6.41. The van der Waals surface area contributed by atoms with Crippen LogP contribution >= 0.6 is 0 Å². The molecule has 2 aliphatic carbocycles. The van der Waals surface area contributed by atoms with Crippen molar-refractivity contribution in [3.05, 3.63) is 94.6 Å². The van der Waals surface area contributed by atoms with Gasteiger partial charge in [-0.25, -0.2) is 8.78 Å². The van der Waals surface area contributed by atoms with Gasteiger partial charge in [0.15, 0.2) is 24.7 Å². The Hall–Kier alpha value is -2.62. The molecule has 0 aliphatic heterocycles. The Morgan fingerprint density at radius 1 is 0.875 bits per heavy atom. The minimum atomic E-state index is -1.64. The van der Waals surface area contributed by atoms with Crippen LogP contribution in [0.2, 0.25) is 0 Å². The summed E-state index contributed by atoms with van der Waals surface area (Å²) in [5, 5.41) is 0. The number of hydrogen-bond acceptors (Lipinski definition) is 1. The van der Waals surface area contributed by atoms with E-state index in [1.807, 2.05) is 41.2 Å². The zero-order chi connectivity index (χ0) is 16.3. The first-order valence-electron chi connectivity index (χ1n) is 8.08. The van der Waals surface area contributed by atoms with Crippen LogP contribution in [-0.4, -0.2) is 4.98 Å². The van der Waals surface area contributed by atoms with Crippen molar-refractivity contribution < 1.29 is 13.3 Å². The maximum absolute atomic E-state index is 15.1. The third kappa shape index (κ3) is 1.86. The largest absolute Gasteiger partial charge is 0.252 e. The fourth-order valence-electron chi connectivity index (χ4n) is 3.90. The maximum Gasteiger partial charge on any atom is 0.209 e. The molecule has 2 aromatic carbocycles. The SMILES string of the molecule is FC1c2ccccc2C([n+]2ccncc2)c2ccc3c(c2C1F)C3. The Morgan fingerprint density at radius 2 is 1.62 bits per heavy atom. The summed E-state index contributed by atoms with van der Waals surface area (Å²) < 4.78 is 32.1. The molecule has 0 radical (unpaired) electrons. The van der Waals surface area contributed by atoms with Gasteiger partial charge in [0.1, 0.15) is 0 Å². The molecule has 0 bridgehead atoms. The van der Waals surface area contributed by atoms with Gasteiger partial charge in [-0.3, -0.25) is 4.98 Å². The first kappa shape index (κ1) is 13.8. The van der Waals surface area contributed by atoms with Crippen molar-refractivity contribution in [3.63, 3.8) is 0 Å². The van der Waals surface area contributed by atoms with Gasteiger partial charge in [-0.05, 0) is 23.1 Å². The van der Waals surface area contributed by atoms with Gasteiger partial charge in [-0.15, -0.1) is 0 Å². The van der Waals surface area contributed by atoms with Gasteiger partial charge < -0.3 is 0 Å². The van der Waals surface area contributed by atoms with E-state index in [4.69, 9.17) is 0 Å². The highest BCUT2D eigenvalue weighted by molar-refractivity contribution is 5.58. The van der Waals surface area contributed by atoms with Crippen molar-refractivity contribution in [2.24, 2.45) is 0 Å². The van der Waals surface area contributed by atoms with Gasteiger partial charge in [0.25, 0.3) is 0 Å². The number of aromatic nitrogens is 2. The lowest BCUT2D eigenvalue weighted by molar-refractivity contribution is -0.705. The zero-order valence-corrected chi connectivity index (χ0v) is 12.9. The number of halogens is 2. The molecule has 2 aliphatic rings. The van der Waals surface area contributed by atoms with Crippen LogP contribution in [0.15, 0.2) is 61.2 Å². The van der Waals surface area contributed by atoms with Gasteiger partial charge in [0.2, 0.25) is 6.04 Å². The topological polar surface area (TPSA) is 16.8 Å². The molecule has 1 heterocycles. The molecule has 118 valence electrons. The molecule has 4 heteroatoms. The Morgan fingerprint density at radius 3 is 2.42 bits per heavy atom. The predicted molar refractivity (Wildman–Crippen MR) is 85.1 cm³/mol. The van der Waals surface area contributed by atoms with Gasteiger partial charge in [0, 0.05) is 16.7 Å². The smallest absolute Gasteiger partial charge is 0.209 e. The van der Waals surface area contributed by atoms with Crippen molar-refractivity contribution in [2.45, 2.75) is 24.8 Å². The average molecular weight is 321 g/mol. The normalized spacial score (nSPS) is 23.7. The first-order chi connectivity index (χ1) is 11.8. The summed E-state index contributed by atoms with van der Waals surface area (Å²) in [6, 6.07) is 11.0. The Balaban J connectivity index is 1.85. The molecule has 5 rings (SSSR count). The molecule has 0 saturated carbocycles. The molecule has 0 amide bonds. The third-order valence-corrected chi connectivity index (χ3v) is 5.09. The molecule has 0 N–H and O–H groups in total. The van der Waals surface area contributed by atoms with Crippen LogP contribution in [0.25, 0.3) is 0 Å². The number of hydrogen-bond donors (Lipinski definition) is 0. The lowest BCUT2D eigenvalue weighted by atomic mass is 9.94. The molecule has 2 nitrogen and oxygen atoms in total. The van der Waals surface area contributed by atoms with Gasteiger partial charge in [0.05, 0.1) is 12.4 Å². The molecule has 1 aromatic heterocycles. The molecular formula is C20H15F2N2+. The highest BCUT2D eigenvalue weighted by atomic mass is 19.2. The van der Waals surface area contributed by atoms with E-state index in [2.05, 4.69) is 4.98 Å². The highest BCUT2D eigenvalue weighted by Crippen LogP contribution is 2.50. The quantitative estimate of drug-likeness (QED) is 0.485. The molecule has 3 unspecified atom stereocenters. The first-order valence-corrected chi connectivity index (χ1v) is 8.08. The number of fused-ring (bicyclic) bond motifs is 4. The fourth-order valence-corrected chi connectivity index (χ4v) is 3.90. The van der Waals surface area contributed by atoms with E-state index in [0.29, 0.717) is 11.1 Å². The second-order valence-electron chi connectivity index (χ2n) is 6.41. The number of rotatable bonds is 1. The minimum Gasteiger partial charge on any atom is -0.252 e. The summed E-state index contributed by atoms with van der Waals surface area (Å²) in [7, 11) is 0. The van der Waals surface area contributed by atoms with Gasteiger partial charge in [-0.1, -0.05) is 36.4 Å². The predicted octanol–water partition coefficient (Wildman–Crippen LogP) is 3.95. The van der Waals surface area contributed by atoms with E-state index in [9.17, 15) is 0 Å². The molecule has 3 atom stereocenters. The standard InChI is InChI=1S/C20H15F2N2/c21-18-13-3-1-2-4-14(13)20(24-9-7-23-8-10-24)15-6-5-12-11-16(12)17(15)19(18)22/h1-10,18-20H,11H2/q+1. The highest BCUT2D eigenvalue weighted by Gasteiger charge is 2.43. The molecule has 24 heavy (non-hydrogen) atoms. The van der Waals surface area contributed by atoms with Crippen LogP contribution in [0.3, 0.4) is 0 Å². The molecule has 0 fully saturated rings. The Labute approximate surface area is 138 Å². The lowest BCUT2D eigenvalue weighted by Gasteiger charge is -2.15. The molecular weight excluding hydrogens is 306 g/mol. The van der Waals surface area contributed by atoms with Gasteiger partial charge >= 0.3 is 0 Å². The number of benzene rings is 2. The molecule has 0 saturated heterocycles. The summed E-state index contributed by atoms with van der Waals surface area (Å²) in [5.41, 5.74) is 4.75. The van der Waals surface area contributed by atoms with Crippen LogP contribution in [0, 0.1) is 0 Å². The monoisotopic (exact) mass is 321 g/mol. The summed E-state index contributed by atoms with van der Waals surface area (Å²) in [4.78, 5) is 4.06. The fraction of sp³-hybridized carbons (Fsp3) is 0.200. The minimum absolute atomic E-state index is 0.246. The summed E-state index contributed by atoms with van der Waals surface area (Å²) in [6.07, 6.45) is 4.60. The van der Waals surface area contributed by atoms with Crippen molar-refractivity contribution >= 4 is 0 Å².